The van der Waals surface area contributed by atoms with E-state index in [1.807, 2.05) is 24.3 Å². The maximum atomic E-state index is 12.1. The molecule has 0 saturated heterocycles. The third-order valence-electron chi connectivity index (χ3n) is 3.57. The van der Waals surface area contributed by atoms with E-state index in [1.165, 1.54) is 37.5 Å². The second-order valence-corrected chi connectivity index (χ2v) is 6.51. The Labute approximate surface area is 170 Å². The van der Waals surface area contributed by atoms with Crippen molar-refractivity contribution in [2.24, 2.45) is 0 Å². The Morgan fingerprint density at radius 3 is 2.64 bits per heavy atom. The molecule has 28 heavy (non-hydrogen) atoms. The van der Waals surface area contributed by atoms with Gasteiger partial charge in [-0.2, -0.15) is 0 Å². The summed E-state index contributed by atoms with van der Waals surface area (Å²) in [5.41, 5.74) is 1.95. The van der Waals surface area contributed by atoms with Crippen LogP contribution in [-0.2, 0) is 14.3 Å². The molecule has 1 atom stereocenters. The van der Waals surface area contributed by atoms with Crippen LogP contribution >= 0.6 is 23.2 Å². The van der Waals surface area contributed by atoms with Gasteiger partial charge in [-0.25, -0.2) is 14.8 Å². The van der Waals surface area contributed by atoms with Crippen molar-refractivity contribution in [3.63, 3.8) is 0 Å². The first-order valence-corrected chi connectivity index (χ1v) is 8.90. The van der Waals surface area contributed by atoms with Crippen LogP contribution in [0.25, 0.3) is 17.1 Å². The number of halogens is 2. The first kappa shape index (κ1) is 19.7. The molecule has 0 aliphatic rings. The van der Waals surface area contributed by atoms with Crippen LogP contribution in [0, 0.1) is 0 Å². The fourth-order valence-corrected chi connectivity index (χ4v) is 2.62. The van der Waals surface area contributed by atoms with Gasteiger partial charge in [-0.3, -0.25) is 9.78 Å². The van der Waals surface area contributed by atoms with Gasteiger partial charge in [0.1, 0.15) is 0 Å². The second-order valence-electron chi connectivity index (χ2n) is 5.67. The molecule has 2 aromatic heterocycles. The van der Waals surface area contributed by atoms with Crippen molar-refractivity contribution in [1.82, 2.24) is 15.0 Å². The van der Waals surface area contributed by atoms with E-state index in [-0.39, 0.29) is 10.8 Å². The Balaban J connectivity index is 1.59. The number of carbonyl (C=O) groups excluding carboxylic acids is 2. The van der Waals surface area contributed by atoms with Crippen LogP contribution in [0.4, 0.5) is 5.82 Å². The molecule has 2 heterocycles. The lowest BCUT2D eigenvalue weighted by molar-refractivity contribution is -0.148. The predicted molar refractivity (Wildman–Crippen MR) is 107 cm³/mol. The molecule has 1 amide bonds. The number of para-hydroxylation sites is 2. The molecule has 0 saturated carbocycles. The highest BCUT2D eigenvalue weighted by Crippen LogP contribution is 2.22. The third kappa shape index (κ3) is 5.03. The predicted octanol–water partition coefficient (Wildman–Crippen LogP) is 3.92. The molecule has 3 aromatic rings. The van der Waals surface area contributed by atoms with Crippen LogP contribution in [0.3, 0.4) is 0 Å². The van der Waals surface area contributed by atoms with E-state index in [0.717, 1.165) is 5.52 Å². The van der Waals surface area contributed by atoms with Crippen molar-refractivity contribution in [3.05, 3.63) is 64.5 Å². The van der Waals surface area contributed by atoms with Crippen molar-refractivity contribution in [2.75, 3.05) is 5.32 Å². The number of fused-ring (bicyclic) bond motifs is 1. The van der Waals surface area contributed by atoms with Gasteiger partial charge in [0.15, 0.2) is 11.9 Å². The van der Waals surface area contributed by atoms with Crippen LogP contribution in [0.15, 0.2) is 48.8 Å². The van der Waals surface area contributed by atoms with Gasteiger partial charge in [-0.1, -0.05) is 35.3 Å². The Morgan fingerprint density at radius 1 is 1.14 bits per heavy atom. The summed E-state index contributed by atoms with van der Waals surface area (Å²) in [7, 11) is 0. The summed E-state index contributed by atoms with van der Waals surface area (Å²) < 4.78 is 5.07. The molecule has 0 aliphatic heterocycles. The lowest BCUT2D eigenvalue weighted by Gasteiger charge is -2.12. The highest BCUT2D eigenvalue weighted by Gasteiger charge is 2.18. The van der Waals surface area contributed by atoms with Gasteiger partial charge in [0.05, 0.1) is 33.0 Å². The zero-order valence-corrected chi connectivity index (χ0v) is 16.1. The summed E-state index contributed by atoms with van der Waals surface area (Å²) in [6.45, 7) is 1.43. The number of pyridine rings is 1. The summed E-state index contributed by atoms with van der Waals surface area (Å²) in [5, 5.41) is 2.98. The molecule has 3 rings (SSSR count). The topological polar surface area (TPSA) is 94.1 Å². The van der Waals surface area contributed by atoms with E-state index in [1.54, 1.807) is 0 Å². The Morgan fingerprint density at radius 2 is 1.89 bits per heavy atom. The molecule has 1 N–H and O–H groups in total. The summed E-state index contributed by atoms with van der Waals surface area (Å²) in [5.74, 6) is -1.15. The van der Waals surface area contributed by atoms with Gasteiger partial charge >= 0.3 is 5.97 Å². The number of aromatic nitrogens is 3. The number of ether oxygens (including phenoxy) is 1. The van der Waals surface area contributed by atoms with Crippen LogP contribution in [-0.4, -0.2) is 32.9 Å². The maximum Gasteiger partial charge on any atom is 0.331 e. The van der Waals surface area contributed by atoms with E-state index in [0.29, 0.717) is 16.2 Å². The minimum atomic E-state index is -1.06. The van der Waals surface area contributed by atoms with Gasteiger partial charge in [0.2, 0.25) is 0 Å². The van der Waals surface area contributed by atoms with Crippen LogP contribution in [0.5, 0.6) is 0 Å². The molecule has 1 aromatic carbocycles. The molecule has 0 bridgehead atoms. The Bertz CT molecular complexity index is 1070. The highest BCUT2D eigenvalue weighted by atomic mass is 35.5. The molecule has 142 valence electrons. The lowest BCUT2D eigenvalue weighted by atomic mass is 10.3. The maximum absolute atomic E-state index is 12.1. The Kier molecular flexibility index (Phi) is 6.18. The largest absolute Gasteiger partial charge is 0.449 e. The number of anilines is 1. The average Bonchev–Trinajstić information content (AvgIpc) is 2.68. The number of hydrogen-bond acceptors (Lipinski definition) is 6. The molecule has 9 heteroatoms. The second kappa shape index (κ2) is 8.77. The highest BCUT2D eigenvalue weighted by molar-refractivity contribution is 6.36. The minimum Gasteiger partial charge on any atom is -0.449 e. The number of nitrogens with one attached hydrogen (secondary N) is 1. The molecule has 0 aliphatic carbocycles. The van der Waals surface area contributed by atoms with E-state index in [2.05, 4.69) is 20.3 Å². The summed E-state index contributed by atoms with van der Waals surface area (Å²) in [4.78, 5) is 36.6. The van der Waals surface area contributed by atoms with Crippen molar-refractivity contribution in [3.8, 4) is 0 Å². The number of amides is 1. The van der Waals surface area contributed by atoms with Crippen molar-refractivity contribution < 1.29 is 14.3 Å². The number of benzene rings is 1. The number of esters is 1. The number of hydrogen-bond donors (Lipinski definition) is 1. The average molecular weight is 417 g/mol. The number of carbonyl (C=O) groups is 2. The molecule has 1 unspecified atom stereocenters. The fraction of sp³-hybridized carbons (Fsp3) is 0.105. The van der Waals surface area contributed by atoms with Crippen molar-refractivity contribution in [2.45, 2.75) is 13.0 Å². The lowest BCUT2D eigenvalue weighted by Crippen LogP contribution is -2.29. The molecular weight excluding hydrogens is 403 g/mol. The van der Waals surface area contributed by atoms with E-state index >= 15 is 0 Å². The normalized spacial score (nSPS) is 12.1. The quantitative estimate of drug-likeness (QED) is 0.500. The van der Waals surface area contributed by atoms with Gasteiger partial charge < -0.3 is 10.1 Å². The Hall–Kier alpha value is -3.03. The summed E-state index contributed by atoms with van der Waals surface area (Å²) in [6.07, 6.45) is 4.46. The first-order valence-electron chi connectivity index (χ1n) is 8.15. The monoisotopic (exact) mass is 416 g/mol. The zero-order chi connectivity index (χ0) is 20.1. The molecular formula is C19H14Cl2N4O3. The van der Waals surface area contributed by atoms with Gasteiger partial charge in [-0.05, 0) is 31.2 Å². The summed E-state index contributed by atoms with van der Waals surface area (Å²) in [6, 6.07) is 8.81. The SMILES string of the molecule is CC(OC(=O)C=Cc1cnc2ccccc2n1)C(=O)Nc1ncc(Cl)cc1Cl. The number of nitrogens with zero attached hydrogens (tertiary/aromatic N) is 3. The van der Waals surface area contributed by atoms with Gasteiger partial charge in [0, 0.05) is 12.3 Å². The number of rotatable bonds is 5. The van der Waals surface area contributed by atoms with Gasteiger partial charge in [-0.15, -0.1) is 0 Å². The van der Waals surface area contributed by atoms with E-state index < -0.39 is 18.0 Å². The molecule has 0 radical (unpaired) electrons. The molecule has 0 fully saturated rings. The van der Waals surface area contributed by atoms with Crippen molar-refractivity contribution in [1.29, 1.82) is 0 Å². The van der Waals surface area contributed by atoms with Crippen molar-refractivity contribution >= 4 is 58.0 Å². The third-order valence-corrected chi connectivity index (χ3v) is 4.06. The van der Waals surface area contributed by atoms with Crippen LogP contribution < -0.4 is 5.32 Å². The minimum absolute atomic E-state index is 0.126. The summed E-state index contributed by atoms with van der Waals surface area (Å²) >= 11 is 11.7. The standard InChI is InChI=1S/C19H14Cl2N4O3/c1-11(19(27)25-18-14(21)8-12(20)9-23-18)28-17(26)7-6-13-10-22-15-4-2-3-5-16(15)24-13/h2-11H,1H3,(H,23,25,27). The van der Waals surface area contributed by atoms with Crippen LogP contribution in [0.2, 0.25) is 10.0 Å². The van der Waals surface area contributed by atoms with Crippen LogP contribution in [0.1, 0.15) is 12.6 Å². The fourth-order valence-electron chi connectivity index (χ4n) is 2.20. The van der Waals surface area contributed by atoms with E-state index in [4.69, 9.17) is 27.9 Å². The molecule has 0 spiro atoms. The zero-order valence-electron chi connectivity index (χ0n) is 14.6. The van der Waals surface area contributed by atoms with Gasteiger partial charge in [0.25, 0.3) is 5.91 Å². The van der Waals surface area contributed by atoms with E-state index in [9.17, 15) is 9.59 Å². The smallest absolute Gasteiger partial charge is 0.331 e. The first-order chi connectivity index (χ1) is 13.4. The molecule has 7 nitrogen and oxygen atoms in total.